The lowest BCUT2D eigenvalue weighted by molar-refractivity contribution is 0.0697. The highest BCUT2D eigenvalue weighted by molar-refractivity contribution is 7.98. The van der Waals surface area contributed by atoms with Crippen molar-refractivity contribution in [2.75, 3.05) is 32.1 Å². The molecule has 0 amide bonds. The van der Waals surface area contributed by atoms with E-state index in [1.807, 2.05) is 12.1 Å². The van der Waals surface area contributed by atoms with Crippen molar-refractivity contribution in [1.82, 2.24) is 14.9 Å². The molecule has 7 heteroatoms. The number of nitrogens with zero attached hydrogens (tertiary/aromatic N) is 4. The van der Waals surface area contributed by atoms with Crippen molar-refractivity contribution in [2.45, 2.75) is 56.0 Å². The molecule has 0 unspecified atom stereocenters. The SMILES string of the molecule is CN1CCC(N(C)c2cc(C(C)(C)C)nc(SCc3ccc(C(=O)O)cc3)n2)CC1. The summed E-state index contributed by atoms with van der Waals surface area (Å²) in [6.45, 7) is 8.75. The lowest BCUT2D eigenvalue weighted by atomic mass is 9.92. The lowest BCUT2D eigenvalue weighted by Gasteiger charge is -2.36. The summed E-state index contributed by atoms with van der Waals surface area (Å²) in [5, 5.41) is 9.83. The van der Waals surface area contributed by atoms with Gasteiger partial charge in [0.1, 0.15) is 5.82 Å². The summed E-state index contributed by atoms with van der Waals surface area (Å²) in [6.07, 6.45) is 2.28. The van der Waals surface area contributed by atoms with Gasteiger partial charge in [0.05, 0.1) is 11.3 Å². The first-order valence-electron chi connectivity index (χ1n) is 10.4. The molecule has 1 N–H and O–H groups in total. The molecular weight excluding hydrogens is 396 g/mol. The third kappa shape index (κ3) is 5.73. The minimum atomic E-state index is -0.906. The van der Waals surface area contributed by atoms with Gasteiger partial charge in [0.2, 0.25) is 0 Å². The Balaban J connectivity index is 1.79. The van der Waals surface area contributed by atoms with E-state index in [4.69, 9.17) is 15.1 Å². The van der Waals surface area contributed by atoms with E-state index >= 15 is 0 Å². The quantitative estimate of drug-likeness (QED) is 0.543. The molecule has 1 aliphatic heterocycles. The third-order valence-electron chi connectivity index (χ3n) is 5.63. The van der Waals surface area contributed by atoms with Gasteiger partial charge >= 0.3 is 5.97 Å². The summed E-state index contributed by atoms with van der Waals surface area (Å²) in [5.41, 5.74) is 2.33. The zero-order chi connectivity index (χ0) is 21.9. The van der Waals surface area contributed by atoms with Crippen LogP contribution in [0.3, 0.4) is 0 Å². The number of carbonyl (C=O) groups is 1. The Morgan fingerprint density at radius 2 is 1.83 bits per heavy atom. The highest BCUT2D eigenvalue weighted by Gasteiger charge is 2.24. The molecule has 1 aromatic heterocycles. The van der Waals surface area contributed by atoms with Crippen LogP contribution in [-0.2, 0) is 11.2 Å². The highest BCUT2D eigenvalue weighted by Crippen LogP contribution is 2.30. The van der Waals surface area contributed by atoms with E-state index in [0.29, 0.717) is 17.4 Å². The number of likely N-dealkylation sites (tertiary alicyclic amines) is 1. The Morgan fingerprint density at radius 3 is 2.40 bits per heavy atom. The number of anilines is 1. The van der Waals surface area contributed by atoms with Crippen molar-refractivity contribution in [3.63, 3.8) is 0 Å². The average molecular weight is 429 g/mol. The van der Waals surface area contributed by atoms with Gasteiger partial charge in [0, 0.05) is 30.3 Å². The van der Waals surface area contributed by atoms with Crippen LogP contribution < -0.4 is 4.90 Å². The maximum atomic E-state index is 11.0. The van der Waals surface area contributed by atoms with Gasteiger partial charge in [0.25, 0.3) is 0 Å². The van der Waals surface area contributed by atoms with Crippen molar-refractivity contribution >= 4 is 23.5 Å². The van der Waals surface area contributed by atoms with E-state index in [1.54, 1.807) is 23.9 Å². The van der Waals surface area contributed by atoms with Gasteiger partial charge in [-0.2, -0.15) is 0 Å². The number of benzene rings is 1. The lowest BCUT2D eigenvalue weighted by Crippen LogP contribution is -2.42. The number of aromatic carboxylic acids is 1. The monoisotopic (exact) mass is 428 g/mol. The summed E-state index contributed by atoms with van der Waals surface area (Å²) in [6, 6.07) is 9.62. The molecule has 1 aliphatic rings. The first-order chi connectivity index (χ1) is 14.1. The van der Waals surface area contributed by atoms with Crippen LogP contribution >= 0.6 is 11.8 Å². The largest absolute Gasteiger partial charge is 0.478 e. The molecular formula is C23H32N4O2S. The average Bonchev–Trinajstić information content (AvgIpc) is 2.71. The molecule has 2 aromatic rings. The molecule has 3 rings (SSSR count). The van der Waals surface area contributed by atoms with E-state index in [0.717, 1.165) is 48.2 Å². The fourth-order valence-corrected chi connectivity index (χ4v) is 4.31. The van der Waals surface area contributed by atoms with Gasteiger partial charge in [-0.05, 0) is 50.7 Å². The van der Waals surface area contributed by atoms with Crippen molar-refractivity contribution in [2.24, 2.45) is 0 Å². The maximum absolute atomic E-state index is 11.0. The van der Waals surface area contributed by atoms with Crippen molar-refractivity contribution in [1.29, 1.82) is 0 Å². The van der Waals surface area contributed by atoms with Crippen molar-refractivity contribution < 1.29 is 9.90 Å². The fourth-order valence-electron chi connectivity index (χ4n) is 3.50. The third-order valence-corrected chi connectivity index (χ3v) is 6.54. The van der Waals surface area contributed by atoms with Gasteiger partial charge in [-0.15, -0.1) is 0 Å². The predicted molar refractivity (Wildman–Crippen MR) is 123 cm³/mol. The van der Waals surface area contributed by atoms with Crippen LogP contribution in [0.15, 0.2) is 35.5 Å². The van der Waals surface area contributed by atoms with E-state index in [1.165, 1.54) is 0 Å². The Kier molecular flexibility index (Phi) is 7.03. The number of piperidine rings is 1. The number of thioether (sulfide) groups is 1. The van der Waals surface area contributed by atoms with E-state index in [2.05, 4.69) is 50.7 Å². The Hall–Kier alpha value is -2.12. The number of carboxylic acids is 1. The standard InChI is InChI=1S/C23H32N4O2S/c1-23(2,3)19-14-20(27(5)18-10-12-26(4)13-11-18)25-22(24-19)30-15-16-6-8-17(9-7-16)21(28)29/h6-9,14,18H,10-13,15H2,1-5H3,(H,28,29). The number of carboxylic acid groups (broad SMARTS) is 1. The summed E-state index contributed by atoms with van der Waals surface area (Å²) in [7, 11) is 4.32. The minimum absolute atomic E-state index is 0.0657. The molecule has 1 aromatic carbocycles. The number of hydrogen-bond acceptors (Lipinski definition) is 6. The number of rotatable bonds is 6. The van der Waals surface area contributed by atoms with E-state index < -0.39 is 5.97 Å². The topological polar surface area (TPSA) is 69.6 Å². The molecule has 1 fully saturated rings. The van der Waals surface area contributed by atoms with Gasteiger partial charge in [-0.3, -0.25) is 0 Å². The van der Waals surface area contributed by atoms with Crippen LogP contribution in [-0.4, -0.2) is 59.2 Å². The van der Waals surface area contributed by atoms with Gasteiger partial charge in [0.15, 0.2) is 5.16 Å². The van der Waals surface area contributed by atoms with Crippen LogP contribution in [0.2, 0.25) is 0 Å². The van der Waals surface area contributed by atoms with Gasteiger partial charge in [-0.1, -0.05) is 44.7 Å². The summed E-state index contributed by atoms with van der Waals surface area (Å²) >= 11 is 1.59. The van der Waals surface area contributed by atoms with Crippen molar-refractivity contribution in [3.8, 4) is 0 Å². The van der Waals surface area contributed by atoms with Crippen LogP contribution in [0.5, 0.6) is 0 Å². The second kappa shape index (κ2) is 9.35. The zero-order valence-corrected chi connectivity index (χ0v) is 19.4. The van der Waals surface area contributed by atoms with E-state index in [-0.39, 0.29) is 5.41 Å². The van der Waals surface area contributed by atoms with Gasteiger partial charge < -0.3 is 14.9 Å². The summed E-state index contributed by atoms with van der Waals surface area (Å²) < 4.78 is 0. The minimum Gasteiger partial charge on any atom is -0.478 e. The van der Waals surface area contributed by atoms with E-state index in [9.17, 15) is 4.79 Å². The van der Waals surface area contributed by atoms with Crippen LogP contribution in [0, 0.1) is 0 Å². The summed E-state index contributed by atoms with van der Waals surface area (Å²) in [5.74, 6) is 0.774. The molecule has 0 atom stereocenters. The van der Waals surface area contributed by atoms with Gasteiger partial charge in [-0.25, -0.2) is 14.8 Å². The second-order valence-electron chi connectivity index (χ2n) is 9.08. The molecule has 0 radical (unpaired) electrons. The van der Waals surface area contributed by atoms with Crippen LogP contribution in [0.25, 0.3) is 0 Å². The molecule has 162 valence electrons. The zero-order valence-electron chi connectivity index (χ0n) is 18.6. The molecule has 2 heterocycles. The van der Waals surface area contributed by atoms with Crippen LogP contribution in [0.4, 0.5) is 5.82 Å². The Bertz CT molecular complexity index is 872. The first kappa shape index (κ1) is 22.6. The number of aromatic nitrogens is 2. The maximum Gasteiger partial charge on any atom is 0.335 e. The predicted octanol–water partition coefficient (Wildman–Crippen LogP) is 4.30. The second-order valence-corrected chi connectivity index (χ2v) is 10.0. The first-order valence-corrected chi connectivity index (χ1v) is 11.4. The molecule has 6 nitrogen and oxygen atoms in total. The molecule has 0 bridgehead atoms. The van der Waals surface area contributed by atoms with Crippen molar-refractivity contribution in [3.05, 3.63) is 47.2 Å². The molecule has 30 heavy (non-hydrogen) atoms. The smallest absolute Gasteiger partial charge is 0.335 e. The number of hydrogen-bond donors (Lipinski definition) is 1. The molecule has 0 spiro atoms. The van der Waals surface area contributed by atoms with Crippen LogP contribution in [0.1, 0.15) is 55.2 Å². The summed E-state index contributed by atoms with van der Waals surface area (Å²) in [4.78, 5) is 25.4. The highest BCUT2D eigenvalue weighted by atomic mass is 32.2. The molecule has 1 saturated heterocycles. The molecule has 0 aliphatic carbocycles. The Labute approximate surface area is 183 Å². The normalized spacial score (nSPS) is 15.9. The Morgan fingerprint density at radius 1 is 1.20 bits per heavy atom. The molecule has 0 saturated carbocycles. The fraction of sp³-hybridized carbons (Fsp3) is 0.522.